The van der Waals surface area contributed by atoms with Gasteiger partial charge in [0, 0.05) is 6.42 Å². The monoisotopic (exact) mass is 772 g/mol. The van der Waals surface area contributed by atoms with Crippen LogP contribution in [0.4, 0.5) is 0 Å². The molecule has 0 aromatic rings. The predicted molar refractivity (Wildman–Crippen MR) is 236 cm³/mol. The molecule has 1 amide bonds. The van der Waals surface area contributed by atoms with Gasteiger partial charge in [-0.1, -0.05) is 179 Å². The Hall–Kier alpha value is -2.18. The summed E-state index contributed by atoms with van der Waals surface area (Å²) in [6.07, 6.45) is 50.3. The summed E-state index contributed by atoms with van der Waals surface area (Å²) in [5.41, 5.74) is 0. The molecule has 0 fully saturated rings. The van der Waals surface area contributed by atoms with Gasteiger partial charge in [-0.15, -0.1) is 0 Å². The van der Waals surface area contributed by atoms with Gasteiger partial charge in [0.15, 0.2) is 0 Å². The Bertz CT molecular complexity index is 957. The molecule has 6 nitrogen and oxygen atoms in total. The van der Waals surface area contributed by atoms with E-state index in [1.165, 1.54) is 83.5 Å². The summed E-state index contributed by atoms with van der Waals surface area (Å²) in [7, 11) is 0. The number of hydrogen-bond donors (Lipinski definition) is 3. The van der Waals surface area contributed by atoms with E-state index in [2.05, 4.69) is 74.7 Å². The van der Waals surface area contributed by atoms with Crippen molar-refractivity contribution in [3.8, 4) is 0 Å². The average molecular weight is 772 g/mol. The molecular formula is C49H89NO5. The van der Waals surface area contributed by atoms with Gasteiger partial charge in [0.25, 0.3) is 0 Å². The lowest BCUT2D eigenvalue weighted by molar-refractivity contribution is -0.151. The molecule has 3 unspecified atom stereocenters. The number of aliphatic hydroxyl groups excluding tert-OH is 2. The fourth-order valence-corrected chi connectivity index (χ4v) is 6.79. The molecule has 6 heteroatoms. The van der Waals surface area contributed by atoms with E-state index < -0.39 is 18.2 Å². The molecular weight excluding hydrogens is 683 g/mol. The molecule has 55 heavy (non-hydrogen) atoms. The van der Waals surface area contributed by atoms with Gasteiger partial charge in [0.2, 0.25) is 5.91 Å². The Morgan fingerprint density at radius 1 is 0.527 bits per heavy atom. The summed E-state index contributed by atoms with van der Waals surface area (Å²) in [4.78, 5) is 26.0. The lowest BCUT2D eigenvalue weighted by Gasteiger charge is -2.24. The van der Waals surface area contributed by atoms with Crippen LogP contribution in [-0.4, -0.2) is 46.9 Å². The Kier molecular flexibility index (Phi) is 41.2. The lowest BCUT2D eigenvalue weighted by atomic mass is 10.0. The summed E-state index contributed by atoms with van der Waals surface area (Å²) in [6, 6.07) is -0.708. The second-order valence-corrected chi connectivity index (χ2v) is 15.8. The number of allylic oxidation sites excluding steroid dienone is 8. The summed E-state index contributed by atoms with van der Waals surface area (Å²) in [6.45, 7) is 6.36. The van der Waals surface area contributed by atoms with Crippen molar-refractivity contribution in [2.75, 3.05) is 6.61 Å². The van der Waals surface area contributed by atoms with Crippen molar-refractivity contribution in [1.29, 1.82) is 0 Å². The molecule has 0 spiro atoms. The van der Waals surface area contributed by atoms with Crippen molar-refractivity contribution in [3.63, 3.8) is 0 Å². The van der Waals surface area contributed by atoms with Crippen LogP contribution in [0.1, 0.15) is 226 Å². The minimum absolute atomic E-state index is 0.0590. The van der Waals surface area contributed by atoms with E-state index in [0.29, 0.717) is 19.3 Å². The molecule has 320 valence electrons. The number of esters is 1. The zero-order chi connectivity index (χ0) is 40.3. The molecule has 0 aromatic heterocycles. The SMILES string of the molecule is CCC/C=C\CCCCCCCC(=O)OC(CCCCCC/C=C\C/C=C\C/C=C\CCCCC)CC(=O)NC(CO)C(O)CCCCCCCCCCC. The predicted octanol–water partition coefficient (Wildman–Crippen LogP) is 13.5. The Morgan fingerprint density at radius 2 is 0.964 bits per heavy atom. The molecule has 0 saturated carbocycles. The third kappa shape index (κ3) is 38.5. The van der Waals surface area contributed by atoms with Crippen LogP contribution in [0.15, 0.2) is 48.6 Å². The van der Waals surface area contributed by atoms with Gasteiger partial charge < -0.3 is 20.3 Å². The molecule has 0 aliphatic carbocycles. The van der Waals surface area contributed by atoms with Crippen molar-refractivity contribution in [1.82, 2.24) is 5.32 Å². The maximum Gasteiger partial charge on any atom is 0.306 e. The first-order chi connectivity index (χ1) is 27.0. The number of unbranched alkanes of at least 4 members (excludes halogenated alkanes) is 21. The minimum Gasteiger partial charge on any atom is -0.462 e. The van der Waals surface area contributed by atoms with Crippen LogP contribution in [0.25, 0.3) is 0 Å². The number of carbonyl (C=O) groups excluding carboxylic acids is 2. The Labute approximate surface area is 340 Å². The molecule has 3 N–H and O–H groups in total. The summed E-state index contributed by atoms with van der Waals surface area (Å²) >= 11 is 0. The topological polar surface area (TPSA) is 95.9 Å². The molecule has 0 heterocycles. The van der Waals surface area contributed by atoms with Crippen LogP contribution in [0.5, 0.6) is 0 Å². The largest absolute Gasteiger partial charge is 0.462 e. The number of hydrogen-bond acceptors (Lipinski definition) is 5. The minimum atomic E-state index is -0.792. The van der Waals surface area contributed by atoms with Gasteiger partial charge >= 0.3 is 5.97 Å². The smallest absolute Gasteiger partial charge is 0.306 e. The molecule has 0 bridgehead atoms. The highest BCUT2D eigenvalue weighted by Crippen LogP contribution is 2.17. The van der Waals surface area contributed by atoms with E-state index in [1.54, 1.807) is 0 Å². The van der Waals surface area contributed by atoms with Crippen molar-refractivity contribution in [3.05, 3.63) is 48.6 Å². The van der Waals surface area contributed by atoms with Crippen LogP contribution in [0, 0.1) is 0 Å². The molecule has 0 aromatic carbocycles. The van der Waals surface area contributed by atoms with Crippen LogP contribution in [-0.2, 0) is 14.3 Å². The van der Waals surface area contributed by atoms with E-state index in [4.69, 9.17) is 4.74 Å². The van der Waals surface area contributed by atoms with Gasteiger partial charge in [-0.25, -0.2) is 0 Å². The molecule has 3 atom stereocenters. The molecule has 0 radical (unpaired) electrons. The molecule has 0 aliphatic rings. The first-order valence-corrected chi connectivity index (χ1v) is 23.4. The first kappa shape index (κ1) is 52.8. The third-order valence-corrected chi connectivity index (χ3v) is 10.4. The first-order valence-electron chi connectivity index (χ1n) is 23.4. The summed E-state index contributed by atoms with van der Waals surface area (Å²) in [5.74, 6) is -0.510. The highest BCUT2D eigenvalue weighted by Gasteiger charge is 2.24. The van der Waals surface area contributed by atoms with Crippen LogP contribution in [0.2, 0.25) is 0 Å². The van der Waals surface area contributed by atoms with E-state index in [1.807, 2.05) is 0 Å². The van der Waals surface area contributed by atoms with Gasteiger partial charge in [0.05, 0.1) is 25.2 Å². The maximum absolute atomic E-state index is 13.1. The van der Waals surface area contributed by atoms with E-state index >= 15 is 0 Å². The molecule has 0 aliphatic heterocycles. The number of nitrogens with one attached hydrogen (secondary N) is 1. The maximum atomic E-state index is 13.1. The van der Waals surface area contributed by atoms with E-state index in [0.717, 1.165) is 96.3 Å². The number of amides is 1. The Balaban J connectivity index is 4.65. The number of rotatable bonds is 41. The van der Waals surface area contributed by atoms with Crippen molar-refractivity contribution in [2.45, 2.75) is 244 Å². The molecule has 0 saturated heterocycles. The standard InChI is InChI=1S/C49H89NO5/c1-4-7-10-13-16-19-21-22-23-24-25-26-27-29-31-34-37-40-45(55-49(54)42-39-36-33-30-20-17-14-11-8-5-2)43-48(53)50-46(44-51)47(52)41-38-35-32-28-18-15-12-9-6-3/h11,14,16,19,22-23,25-26,45-47,51-52H,4-10,12-13,15,17-18,20-21,24,27-44H2,1-3H3,(H,50,53)/b14-11-,19-16-,23-22-,26-25-. The third-order valence-electron chi connectivity index (χ3n) is 10.4. The second kappa shape index (κ2) is 43.0. The number of ether oxygens (including phenoxy) is 1. The highest BCUT2D eigenvalue weighted by atomic mass is 16.5. The van der Waals surface area contributed by atoms with Gasteiger partial charge in [-0.05, 0) is 83.5 Å². The average Bonchev–Trinajstić information content (AvgIpc) is 3.18. The number of aliphatic hydroxyl groups is 2. The zero-order valence-corrected chi connectivity index (χ0v) is 36.3. The molecule has 0 rings (SSSR count). The van der Waals surface area contributed by atoms with Gasteiger partial charge in [-0.3, -0.25) is 9.59 Å². The second-order valence-electron chi connectivity index (χ2n) is 15.8. The lowest BCUT2D eigenvalue weighted by Crippen LogP contribution is -2.46. The van der Waals surface area contributed by atoms with Crippen molar-refractivity contribution in [2.24, 2.45) is 0 Å². The zero-order valence-electron chi connectivity index (χ0n) is 36.3. The Morgan fingerprint density at radius 3 is 1.53 bits per heavy atom. The van der Waals surface area contributed by atoms with Crippen LogP contribution >= 0.6 is 0 Å². The van der Waals surface area contributed by atoms with Gasteiger partial charge in [0.1, 0.15) is 6.10 Å². The van der Waals surface area contributed by atoms with E-state index in [9.17, 15) is 19.8 Å². The van der Waals surface area contributed by atoms with E-state index in [-0.39, 0.29) is 24.9 Å². The quantitative estimate of drug-likeness (QED) is 0.0327. The highest BCUT2D eigenvalue weighted by molar-refractivity contribution is 5.77. The van der Waals surface area contributed by atoms with Crippen molar-refractivity contribution >= 4 is 11.9 Å². The number of carbonyl (C=O) groups is 2. The van der Waals surface area contributed by atoms with Gasteiger partial charge in [-0.2, -0.15) is 0 Å². The normalized spacial score (nSPS) is 13.8. The fraction of sp³-hybridized carbons (Fsp3) is 0.796. The summed E-state index contributed by atoms with van der Waals surface area (Å²) in [5, 5.41) is 23.6. The summed E-state index contributed by atoms with van der Waals surface area (Å²) < 4.78 is 5.89. The van der Waals surface area contributed by atoms with Crippen LogP contribution in [0.3, 0.4) is 0 Å². The van der Waals surface area contributed by atoms with Crippen molar-refractivity contribution < 1.29 is 24.5 Å². The van der Waals surface area contributed by atoms with Crippen LogP contribution < -0.4 is 5.32 Å². The fourth-order valence-electron chi connectivity index (χ4n) is 6.79.